The van der Waals surface area contributed by atoms with Crippen molar-refractivity contribution in [2.24, 2.45) is 0 Å². The van der Waals surface area contributed by atoms with Crippen molar-refractivity contribution < 1.29 is 14.2 Å². The lowest BCUT2D eigenvalue weighted by Gasteiger charge is -2.17. The number of nitrogens with zero attached hydrogens (tertiary/aromatic N) is 5. The maximum absolute atomic E-state index is 13.7. The molecule has 0 aliphatic heterocycles. The summed E-state index contributed by atoms with van der Waals surface area (Å²) in [5.74, 6) is 0.424. The third-order valence-electron chi connectivity index (χ3n) is 5.09. The normalized spacial score (nSPS) is 11.3. The maximum atomic E-state index is 13.7. The van der Waals surface area contributed by atoms with Gasteiger partial charge in [-0.1, -0.05) is 35.0 Å². The van der Waals surface area contributed by atoms with E-state index in [1.54, 1.807) is 54.2 Å². The Kier molecular flexibility index (Phi) is 4.99. The average molecular weight is 466 g/mol. The molecule has 0 bridgehead atoms. The molecule has 0 saturated carbocycles. The molecule has 1 aromatic carbocycles. The van der Waals surface area contributed by atoms with Crippen LogP contribution < -0.4 is 15.2 Å². The molecule has 10 heteroatoms. The molecule has 0 fully saturated rings. The Morgan fingerprint density at radius 3 is 2.75 bits per heavy atom. The van der Waals surface area contributed by atoms with Gasteiger partial charge in [0.05, 0.1) is 17.0 Å². The monoisotopic (exact) mass is 465 g/mol. The number of thiazole rings is 1. The molecule has 0 aliphatic rings. The van der Waals surface area contributed by atoms with Gasteiger partial charge in [0.2, 0.25) is 11.7 Å². The summed E-state index contributed by atoms with van der Waals surface area (Å²) in [6.45, 7) is 3.81. The molecule has 0 N–H and O–H groups in total. The van der Waals surface area contributed by atoms with Crippen molar-refractivity contribution in [3.05, 3.63) is 79.9 Å². The minimum Gasteiger partial charge on any atom is -0.842 e. The lowest BCUT2D eigenvalue weighted by Crippen LogP contribution is -2.44. The summed E-state index contributed by atoms with van der Waals surface area (Å²) in [5.41, 5.74) is 2.13. The fraction of sp³-hybridized carbons (Fsp3) is 0.136. The van der Waals surface area contributed by atoms with Crippen molar-refractivity contribution in [1.29, 1.82) is 0 Å². The molecule has 160 valence electrons. The molecule has 0 atom stereocenters. The number of pyridine rings is 1. The SMILES string of the molecule is Cc1nc(-c2cccc(-c3c([O-])[n+](Cc4cnc(Cl)s4)c4c(C)cccn4c3=O)c2)no1. The van der Waals surface area contributed by atoms with Crippen LogP contribution in [0, 0.1) is 13.8 Å². The Labute approximate surface area is 191 Å². The summed E-state index contributed by atoms with van der Waals surface area (Å²) in [6, 6.07) is 10.7. The van der Waals surface area contributed by atoms with Gasteiger partial charge in [-0.2, -0.15) is 9.38 Å². The van der Waals surface area contributed by atoms with Crippen LogP contribution in [-0.4, -0.2) is 19.5 Å². The molecular weight excluding hydrogens is 450 g/mol. The molecule has 0 aliphatic carbocycles. The van der Waals surface area contributed by atoms with Gasteiger partial charge < -0.3 is 9.63 Å². The zero-order chi connectivity index (χ0) is 22.4. The number of rotatable bonds is 4. The molecule has 8 nitrogen and oxygen atoms in total. The average Bonchev–Trinajstić information content (AvgIpc) is 3.39. The molecular formula is C22H16ClN5O3S. The van der Waals surface area contributed by atoms with E-state index in [0.29, 0.717) is 33.0 Å². The van der Waals surface area contributed by atoms with E-state index in [1.165, 1.54) is 15.7 Å². The largest absolute Gasteiger partial charge is 0.842 e. The predicted molar refractivity (Wildman–Crippen MR) is 118 cm³/mol. The lowest BCUT2D eigenvalue weighted by atomic mass is 10.0. The van der Waals surface area contributed by atoms with Crippen molar-refractivity contribution in [2.45, 2.75) is 20.4 Å². The number of aryl methyl sites for hydroxylation is 2. The number of benzene rings is 1. The Morgan fingerprint density at radius 1 is 1.22 bits per heavy atom. The Balaban J connectivity index is 1.76. The van der Waals surface area contributed by atoms with Crippen molar-refractivity contribution in [3.63, 3.8) is 0 Å². The second kappa shape index (κ2) is 7.85. The summed E-state index contributed by atoms with van der Waals surface area (Å²) in [5, 5.41) is 17.6. The number of halogens is 1. The van der Waals surface area contributed by atoms with E-state index >= 15 is 0 Å². The van der Waals surface area contributed by atoms with Gasteiger partial charge in [0.15, 0.2) is 4.47 Å². The first-order chi connectivity index (χ1) is 15.4. The molecule has 5 rings (SSSR count). The fourth-order valence-corrected chi connectivity index (χ4v) is 4.66. The minimum atomic E-state index is -0.395. The summed E-state index contributed by atoms with van der Waals surface area (Å²) in [6.07, 6.45) is 3.30. The zero-order valence-corrected chi connectivity index (χ0v) is 18.6. The van der Waals surface area contributed by atoms with Gasteiger partial charge in [-0.15, -0.1) is 11.3 Å². The van der Waals surface area contributed by atoms with E-state index in [-0.39, 0.29) is 12.1 Å². The van der Waals surface area contributed by atoms with Crippen LogP contribution in [0.3, 0.4) is 0 Å². The van der Waals surface area contributed by atoms with Crippen LogP contribution >= 0.6 is 22.9 Å². The smallest absolute Gasteiger partial charge is 0.349 e. The topological polar surface area (TPSA) is 100 Å². The molecule has 5 aromatic rings. The summed E-state index contributed by atoms with van der Waals surface area (Å²) in [4.78, 5) is 22.5. The molecule has 0 unspecified atom stereocenters. The summed E-state index contributed by atoms with van der Waals surface area (Å²) < 4.78 is 8.54. The molecule has 0 spiro atoms. The third kappa shape index (κ3) is 3.45. The minimum absolute atomic E-state index is 0.0609. The highest BCUT2D eigenvalue weighted by atomic mass is 35.5. The molecule has 0 saturated heterocycles. The second-order valence-electron chi connectivity index (χ2n) is 7.25. The molecule has 4 aromatic heterocycles. The van der Waals surface area contributed by atoms with Gasteiger partial charge >= 0.3 is 5.56 Å². The van der Waals surface area contributed by atoms with E-state index in [9.17, 15) is 9.90 Å². The van der Waals surface area contributed by atoms with Crippen molar-refractivity contribution in [3.8, 4) is 28.4 Å². The van der Waals surface area contributed by atoms with Crippen LogP contribution in [0.4, 0.5) is 0 Å². The number of fused-ring (bicyclic) bond motifs is 1. The fourth-order valence-electron chi connectivity index (χ4n) is 3.69. The molecule has 32 heavy (non-hydrogen) atoms. The van der Waals surface area contributed by atoms with E-state index in [1.807, 2.05) is 13.0 Å². The Morgan fingerprint density at radius 2 is 2.03 bits per heavy atom. The van der Waals surface area contributed by atoms with Crippen LogP contribution in [0.2, 0.25) is 4.47 Å². The van der Waals surface area contributed by atoms with Gasteiger partial charge in [-0.05, 0) is 30.7 Å². The van der Waals surface area contributed by atoms with Crippen LogP contribution in [-0.2, 0) is 6.54 Å². The molecule has 4 heterocycles. The van der Waals surface area contributed by atoms with E-state index in [4.69, 9.17) is 16.1 Å². The Hall–Kier alpha value is -3.56. The third-order valence-corrected chi connectivity index (χ3v) is 6.19. The molecule has 0 radical (unpaired) electrons. The quantitative estimate of drug-likeness (QED) is 0.378. The summed E-state index contributed by atoms with van der Waals surface area (Å²) >= 11 is 7.28. The maximum Gasteiger partial charge on any atom is 0.349 e. The zero-order valence-electron chi connectivity index (χ0n) is 17.1. The highest BCUT2D eigenvalue weighted by molar-refractivity contribution is 7.15. The highest BCUT2D eigenvalue weighted by Crippen LogP contribution is 2.27. The summed E-state index contributed by atoms with van der Waals surface area (Å²) in [7, 11) is 0. The number of hydrogen-bond acceptors (Lipinski definition) is 7. The second-order valence-corrected chi connectivity index (χ2v) is 8.95. The highest BCUT2D eigenvalue weighted by Gasteiger charge is 2.23. The molecule has 0 amide bonds. The van der Waals surface area contributed by atoms with E-state index in [0.717, 1.165) is 10.4 Å². The van der Waals surface area contributed by atoms with Crippen molar-refractivity contribution in [1.82, 2.24) is 19.5 Å². The Bertz CT molecular complexity index is 1540. The van der Waals surface area contributed by atoms with Crippen LogP contribution in [0.1, 0.15) is 16.3 Å². The van der Waals surface area contributed by atoms with Crippen LogP contribution in [0.15, 0.2) is 58.1 Å². The first-order valence-corrected chi connectivity index (χ1v) is 10.9. The van der Waals surface area contributed by atoms with E-state index < -0.39 is 11.4 Å². The van der Waals surface area contributed by atoms with Gasteiger partial charge in [0, 0.05) is 24.2 Å². The van der Waals surface area contributed by atoms with Gasteiger partial charge in [-0.3, -0.25) is 0 Å². The van der Waals surface area contributed by atoms with Gasteiger partial charge in [0.25, 0.3) is 5.65 Å². The predicted octanol–water partition coefficient (Wildman–Crippen LogP) is 3.15. The van der Waals surface area contributed by atoms with Gasteiger partial charge in [0.1, 0.15) is 12.1 Å². The van der Waals surface area contributed by atoms with Crippen LogP contribution in [0.5, 0.6) is 5.88 Å². The number of aromatic nitrogens is 5. The first kappa shape index (κ1) is 20.3. The standard InChI is InChI=1S/C22H16ClN5O3S/c1-12-5-4-8-27-19(12)28(11-16-10-24-22(23)32-16)21(30)17(20(27)29)14-6-3-7-15(9-14)18-25-13(2)31-26-18/h3-10H,11H2,1-2H3. The van der Waals surface area contributed by atoms with E-state index in [2.05, 4.69) is 15.1 Å². The van der Waals surface area contributed by atoms with Gasteiger partial charge in [-0.25, -0.2) is 14.3 Å². The van der Waals surface area contributed by atoms with Crippen molar-refractivity contribution >= 4 is 28.6 Å². The van der Waals surface area contributed by atoms with Crippen molar-refractivity contribution in [2.75, 3.05) is 0 Å². The van der Waals surface area contributed by atoms with Crippen LogP contribution in [0.25, 0.3) is 28.2 Å². The number of hydrogen-bond donors (Lipinski definition) is 0. The first-order valence-electron chi connectivity index (χ1n) is 9.68. The lowest BCUT2D eigenvalue weighted by molar-refractivity contribution is -0.707.